The Labute approximate surface area is 182 Å². The van der Waals surface area contributed by atoms with Gasteiger partial charge in [0, 0.05) is 12.8 Å². The van der Waals surface area contributed by atoms with Gasteiger partial charge in [0.2, 0.25) is 5.78 Å². The molecule has 5 nitrogen and oxygen atoms in total. The van der Waals surface area contributed by atoms with E-state index in [0.29, 0.717) is 32.5 Å². The van der Waals surface area contributed by atoms with Crippen molar-refractivity contribution in [1.82, 2.24) is 0 Å². The molecule has 6 heteroatoms. The van der Waals surface area contributed by atoms with E-state index in [2.05, 4.69) is 32.6 Å². The first kappa shape index (κ1) is 26.5. The van der Waals surface area contributed by atoms with Crippen molar-refractivity contribution in [3.8, 4) is 11.8 Å². The molecule has 0 bridgehead atoms. The molecule has 0 unspecified atom stereocenters. The van der Waals surface area contributed by atoms with Crippen LogP contribution in [0.4, 0.5) is 0 Å². The van der Waals surface area contributed by atoms with Gasteiger partial charge in [-0.25, -0.2) is 0 Å². The molecule has 0 amide bonds. The van der Waals surface area contributed by atoms with Crippen LogP contribution in [0, 0.1) is 11.8 Å². The summed E-state index contributed by atoms with van der Waals surface area (Å²) in [6, 6.07) is 13.2. The molecular weight excluding hydrogens is 396 g/mol. The van der Waals surface area contributed by atoms with Crippen molar-refractivity contribution < 1.29 is 24.2 Å². The van der Waals surface area contributed by atoms with Gasteiger partial charge in [-0.3, -0.25) is 4.79 Å². The van der Waals surface area contributed by atoms with Gasteiger partial charge in [-0.2, -0.15) is 0 Å². The maximum Gasteiger partial charge on any atom is 0.205 e. The predicted octanol–water partition coefficient (Wildman–Crippen LogP) is 4.08. The Morgan fingerprint density at radius 2 is 1.80 bits per heavy atom. The van der Waals surface area contributed by atoms with E-state index >= 15 is 0 Å². The smallest absolute Gasteiger partial charge is 0.205 e. The van der Waals surface area contributed by atoms with Gasteiger partial charge in [0.15, 0.2) is 8.32 Å². The van der Waals surface area contributed by atoms with Crippen LogP contribution in [0.15, 0.2) is 30.3 Å². The van der Waals surface area contributed by atoms with Gasteiger partial charge in [-0.05, 0) is 42.5 Å². The Balaban J connectivity index is 2.63. The zero-order chi connectivity index (χ0) is 22.2. The molecule has 0 saturated carbocycles. The zero-order valence-corrected chi connectivity index (χ0v) is 19.7. The second kappa shape index (κ2) is 15.3. The minimum atomic E-state index is -1.81. The number of carbonyl (C=O) groups is 1. The minimum Gasteiger partial charge on any atom is -0.411 e. The number of benzene rings is 1. The fraction of sp³-hybridized carbons (Fsp3) is 0.625. The summed E-state index contributed by atoms with van der Waals surface area (Å²) in [6.45, 7) is 7.28. The Morgan fingerprint density at radius 3 is 2.40 bits per heavy atom. The van der Waals surface area contributed by atoms with E-state index in [-0.39, 0.29) is 24.9 Å². The summed E-state index contributed by atoms with van der Waals surface area (Å²) in [5.74, 6) is 5.54. The molecule has 168 valence electrons. The first-order chi connectivity index (χ1) is 14.5. The average Bonchev–Trinajstić information content (AvgIpc) is 2.77. The lowest BCUT2D eigenvalue weighted by atomic mass is 10.1. The molecule has 0 aliphatic rings. The minimum absolute atomic E-state index is 0.142. The van der Waals surface area contributed by atoms with Crippen LogP contribution in [0.1, 0.15) is 52.0 Å². The molecular formula is C24H38O5Si. The SMILES string of the molecule is CC[Si](CC)(CC)O[C@@H](CC#CC(=O)CCC[C@H](O)CO)COCc1ccccc1. The number of Topliss-reactive ketones (excluding diaryl/α,β-unsaturated/α-hetero) is 1. The van der Waals surface area contributed by atoms with E-state index in [1.165, 1.54) is 0 Å². The molecule has 0 aliphatic carbocycles. The summed E-state index contributed by atoms with van der Waals surface area (Å²) in [4.78, 5) is 12.0. The topological polar surface area (TPSA) is 76.0 Å². The van der Waals surface area contributed by atoms with Crippen LogP contribution < -0.4 is 0 Å². The summed E-state index contributed by atoms with van der Waals surface area (Å²) in [5.41, 5.74) is 1.12. The standard InChI is InChI=1S/C24H38O5Si/c1-4-30(5-2,6-3)29-24(20-28-19-21-12-8-7-9-13-21)17-11-15-22(26)14-10-16-23(27)18-25/h7-9,12-13,23-25,27H,4-6,10,14,16-20H2,1-3H3/t23-,24-/m0/s1. The summed E-state index contributed by atoms with van der Waals surface area (Å²) >= 11 is 0. The Hall–Kier alpha value is -1.49. The van der Waals surface area contributed by atoms with E-state index in [1.54, 1.807) is 0 Å². The third-order valence-corrected chi connectivity index (χ3v) is 10.2. The van der Waals surface area contributed by atoms with Gasteiger partial charge < -0.3 is 19.4 Å². The second-order valence-corrected chi connectivity index (χ2v) is 12.4. The lowest BCUT2D eigenvalue weighted by Crippen LogP contribution is -2.41. The van der Waals surface area contributed by atoms with E-state index in [9.17, 15) is 9.90 Å². The highest BCUT2D eigenvalue weighted by Gasteiger charge is 2.31. The molecule has 1 aromatic carbocycles. The normalized spacial score (nSPS) is 13.4. The summed E-state index contributed by atoms with van der Waals surface area (Å²) in [5, 5.41) is 18.2. The maximum absolute atomic E-state index is 12.0. The van der Waals surface area contributed by atoms with E-state index in [4.69, 9.17) is 14.3 Å². The third kappa shape index (κ3) is 10.5. The van der Waals surface area contributed by atoms with Crippen molar-refractivity contribution in [2.75, 3.05) is 13.2 Å². The highest BCUT2D eigenvalue weighted by molar-refractivity contribution is 6.73. The highest BCUT2D eigenvalue weighted by atomic mass is 28.4. The largest absolute Gasteiger partial charge is 0.411 e. The van der Waals surface area contributed by atoms with Gasteiger partial charge in [0.25, 0.3) is 0 Å². The van der Waals surface area contributed by atoms with Crippen LogP contribution in [0.5, 0.6) is 0 Å². The second-order valence-electron chi connectivity index (χ2n) is 7.64. The van der Waals surface area contributed by atoms with Crippen LogP contribution in [0.2, 0.25) is 18.1 Å². The maximum atomic E-state index is 12.0. The third-order valence-electron chi connectivity index (χ3n) is 5.47. The van der Waals surface area contributed by atoms with Gasteiger partial charge in [0.05, 0.1) is 32.0 Å². The molecule has 0 heterocycles. The van der Waals surface area contributed by atoms with Gasteiger partial charge in [-0.1, -0.05) is 57.0 Å². The highest BCUT2D eigenvalue weighted by Crippen LogP contribution is 2.24. The van der Waals surface area contributed by atoms with E-state index < -0.39 is 14.4 Å². The average molecular weight is 435 g/mol. The first-order valence-electron chi connectivity index (χ1n) is 11.1. The molecule has 0 saturated heterocycles. The van der Waals surface area contributed by atoms with Crippen LogP contribution in [-0.2, 0) is 20.6 Å². The Bertz CT molecular complexity index is 640. The quantitative estimate of drug-likeness (QED) is 0.247. The molecule has 0 fully saturated rings. The number of hydrogen-bond donors (Lipinski definition) is 2. The molecule has 0 spiro atoms. The van der Waals surface area contributed by atoms with Crippen molar-refractivity contribution in [3.05, 3.63) is 35.9 Å². The van der Waals surface area contributed by atoms with Crippen molar-refractivity contribution in [3.63, 3.8) is 0 Å². The predicted molar refractivity (Wildman–Crippen MR) is 123 cm³/mol. The lowest BCUT2D eigenvalue weighted by molar-refractivity contribution is -0.114. The molecule has 1 aromatic rings. The number of ketones is 1. The van der Waals surface area contributed by atoms with E-state index in [0.717, 1.165) is 23.7 Å². The van der Waals surface area contributed by atoms with Crippen LogP contribution in [-0.4, -0.2) is 49.7 Å². The Morgan fingerprint density at radius 1 is 1.13 bits per heavy atom. The molecule has 1 rings (SSSR count). The molecule has 2 atom stereocenters. The molecule has 0 aromatic heterocycles. The number of aliphatic hydroxyl groups excluding tert-OH is 2. The molecule has 2 N–H and O–H groups in total. The number of ether oxygens (including phenoxy) is 1. The van der Waals surface area contributed by atoms with Crippen LogP contribution in [0.25, 0.3) is 0 Å². The van der Waals surface area contributed by atoms with Crippen molar-refractivity contribution in [2.45, 2.75) is 83.4 Å². The van der Waals surface area contributed by atoms with Gasteiger partial charge in [-0.15, -0.1) is 0 Å². The summed E-state index contributed by atoms with van der Waals surface area (Å²) < 4.78 is 12.5. The lowest BCUT2D eigenvalue weighted by Gasteiger charge is -2.32. The molecule has 0 aliphatic heterocycles. The first-order valence-corrected chi connectivity index (χ1v) is 13.6. The summed E-state index contributed by atoms with van der Waals surface area (Å²) in [7, 11) is -1.81. The van der Waals surface area contributed by atoms with Gasteiger partial charge in [0.1, 0.15) is 0 Å². The number of rotatable bonds is 15. The van der Waals surface area contributed by atoms with E-state index in [1.807, 2.05) is 30.3 Å². The van der Waals surface area contributed by atoms with Crippen LogP contribution in [0.3, 0.4) is 0 Å². The van der Waals surface area contributed by atoms with Crippen molar-refractivity contribution >= 4 is 14.1 Å². The fourth-order valence-corrected chi connectivity index (χ4v) is 6.14. The number of aliphatic hydroxyl groups is 2. The molecule has 0 radical (unpaired) electrons. The van der Waals surface area contributed by atoms with Gasteiger partial charge >= 0.3 is 0 Å². The molecule has 30 heavy (non-hydrogen) atoms. The Kier molecular flexibility index (Phi) is 13.6. The van der Waals surface area contributed by atoms with Crippen molar-refractivity contribution in [2.24, 2.45) is 0 Å². The fourth-order valence-electron chi connectivity index (χ4n) is 3.29. The number of carbonyl (C=O) groups excluding carboxylic acids is 1. The zero-order valence-electron chi connectivity index (χ0n) is 18.7. The summed E-state index contributed by atoms with van der Waals surface area (Å²) in [6.07, 6.45) is 0.775. The monoisotopic (exact) mass is 434 g/mol. The number of hydrogen-bond acceptors (Lipinski definition) is 5. The van der Waals surface area contributed by atoms with Crippen LogP contribution >= 0.6 is 0 Å². The van der Waals surface area contributed by atoms with Crippen molar-refractivity contribution in [1.29, 1.82) is 0 Å².